The van der Waals surface area contributed by atoms with Gasteiger partial charge in [0.05, 0.1) is 25.1 Å². The van der Waals surface area contributed by atoms with Crippen LogP contribution in [0.1, 0.15) is 31.0 Å². The van der Waals surface area contributed by atoms with E-state index in [-0.39, 0.29) is 11.9 Å². The Labute approximate surface area is 161 Å². The summed E-state index contributed by atoms with van der Waals surface area (Å²) in [7, 11) is -2.07. The van der Waals surface area contributed by atoms with Gasteiger partial charge in [-0.15, -0.1) is 0 Å². The van der Waals surface area contributed by atoms with Crippen molar-refractivity contribution >= 4 is 21.6 Å². The summed E-state index contributed by atoms with van der Waals surface area (Å²) in [6.45, 7) is 5.32. The van der Waals surface area contributed by atoms with E-state index in [1.54, 1.807) is 26.2 Å². The highest BCUT2D eigenvalue weighted by Gasteiger charge is 2.30. The van der Waals surface area contributed by atoms with Crippen molar-refractivity contribution in [1.82, 2.24) is 5.32 Å². The molecule has 27 heavy (non-hydrogen) atoms. The molecule has 1 N–H and O–H groups in total. The van der Waals surface area contributed by atoms with Crippen molar-refractivity contribution in [2.45, 2.75) is 32.9 Å². The minimum atomic E-state index is -3.64. The molecule has 0 saturated heterocycles. The van der Waals surface area contributed by atoms with Gasteiger partial charge in [0.2, 0.25) is 15.9 Å². The normalized spacial score (nSPS) is 13.5. The largest absolute Gasteiger partial charge is 0.496 e. The molecule has 6 nitrogen and oxygen atoms in total. The molecule has 0 aromatic heterocycles. The summed E-state index contributed by atoms with van der Waals surface area (Å²) in [6, 6.07) is 13.2. The quantitative estimate of drug-likeness (QED) is 0.788. The lowest BCUT2D eigenvalue weighted by Crippen LogP contribution is -2.48. The predicted octanol–water partition coefficient (Wildman–Crippen LogP) is 3.04. The van der Waals surface area contributed by atoms with Gasteiger partial charge in [0.15, 0.2) is 0 Å². The molecule has 0 radical (unpaired) electrons. The van der Waals surface area contributed by atoms with Crippen molar-refractivity contribution in [3.05, 3.63) is 59.7 Å². The Morgan fingerprint density at radius 2 is 1.67 bits per heavy atom. The van der Waals surface area contributed by atoms with Gasteiger partial charge in [-0.2, -0.15) is 0 Å². The van der Waals surface area contributed by atoms with Crippen LogP contribution >= 0.6 is 0 Å². The van der Waals surface area contributed by atoms with Crippen LogP contribution in [0, 0.1) is 6.92 Å². The van der Waals surface area contributed by atoms with Crippen LogP contribution in [0.4, 0.5) is 5.69 Å². The maximum Gasteiger partial charge on any atom is 0.244 e. The molecule has 1 amide bonds. The average molecular weight is 391 g/mol. The molecule has 2 atom stereocenters. The molecule has 0 aliphatic heterocycles. The van der Waals surface area contributed by atoms with E-state index in [9.17, 15) is 13.2 Å². The molecule has 2 aromatic carbocycles. The summed E-state index contributed by atoms with van der Waals surface area (Å²) in [5.74, 6) is 0.274. The smallest absolute Gasteiger partial charge is 0.244 e. The summed E-state index contributed by atoms with van der Waals surface area (Å²) >= 11 is 0. The molecule has 2 rings (SSSR count). The summed E-state index contributed by atoms with van der Waals surface area (Å²) < 4.78 is 31.2. The standard InChI is InChI=1S/C20H26N2O4S/c1-14-10-12-17(13-11-14)22(27(5,24)25)16(3)20(23)21-15(2)18-8-6-7-9-19(18)26-4/h6-13,15-16H,1-5H3,(H,21,23)/t15-,16+/m1/s1. The van der Waals surface area contributed by atoms with E-state index in [0.29, 0.717) is 11.4 Å². The summed E-state index contributed by atoms with van der Waals surface area (Å²) in [4.78, 5) is 12.8. The maximum atomic E-state index is 12.8. The van der Waals surface area contributed by atoms with Crippen molar-refractivity contribution in [1.29, 1.82) is 0 Å². The topological polar surface area (TPSA) is 75.7 Å². The van der Waals surface area contributed by atoms with Gasteiger partial charge in [0.25, 0.3) is 0 Å². The zero-order valence-corrected chi connectivity index (χ0v) is 17.1. The van der Waals surface area contributed by atoms with Gasteiger partial charge < -0.3 is 10.1 Å². The third-order valence-electron chi connectivity index (χ3n) is 4.34. The van der Waals surface area contributed by atoms with Gasteiger partial charge in [-0.05, 0) is 39.0 Å². The van der Waals surface area contributed by atoms with E-state index in [2.05, 4.69) is 5.32 Å². The number of aryl methyl sites for hydroxylation is 1. The van der Waals surface area contributed by atoms with Gasteiger partial charge in [-0.3, -0.25) is 9.10 Å². The number of rotatable bonds is 7. The second kappa shape index (κ2) is 8.43. The number of methoxy groups -OCH3 is 1. The minimum Gasteiger partial charge on any atom is -0.496 e. The van der Waals surface area contributed by atoms with Crippen LogP contribution in [-0.4, -0.2) is 33.7 Å². The maximum absolute atomic E-state index is 12.8. The van der Waals surface area contributed by atoms with Crippen molar-refractivity contribution in [2.75, 3.05) is 17.7 Å². The van der Waals surface area contributed by atoms with Crippen molar-refractivity contribution in [2.24, 2.45) is 0 Å². The molecule has 0 bridgehead atoms. The molecule has 0 fully saturated rings. The van der Waals surface area contributed by atoms with Crippen LogP contribution in [0.3, 0.4) is 0 Å². The number of para-hydroxylation sites is 1. The number of carbonyl (C=O) groups is 1. The highest BCUT2D eigenvalue weighted by atomic mass is 32.2. The molecule has 0 saturated carbocycles. The first-order chi connectivity index (χ1) is 12.6. The number of nitrogens with zero attached hydrogens (tertiary/aromatic N) is 1. The van der Waals surface area contributed by atoms with Gasteiger partial charge >= 0.3 is 0 Å². The van der Waals surface area contributed by atoms with Gasteiger partial charge in [-0.25, -0.2) is 8.42 Å². The number of carbonyl (C=O) groups excluding carboxylic acids is 1. The predicted molar refractivity (Wildman–Crippen MR) is 108 cm³/mol. The van der Waals surface area contributed by atoms with E-state index in [1.165, 1.54) is 0 Å². The zero-order valence-electron chi connectivity index (χ0n) is 16.3. The molecule has 0 heterocycles. The Balaban J connectivity index is 2.26. The van der Waals surface area contributed by atoms with Crippen molar-refractivity contribution in [3.8, 4) is 5.75 Å². The molecular formula is C20H26N2O4S. The lowest BCUT2D eigenvalue weighted by molar-refractivity contribution is -0.122. The molecule has 7 heteroatoms. The van der Waals surface area contributed by atoms with Crippen LogP contribution < -0.4 is 14.4 Å². The minimum absolute atomic E-state index is 0.337. The van der Waals surface area contributed by atoms with Gasteiger partial charge in [0, 0.05) is 5.56 Å². The molecule has 0 aliphatic rings. The molecule has 0 aliphatic carbocycles. The number of ether oxygens (including phenoxy) is 1. The van der Waals surface area contributed by atoms with E-state index in [1.807, 2.05) is 50.2 Å². The SMILES string of the molecule is COc1ccccc1[C@@H](C)NC(=O)[C@H](C)N(c1ccc(C)cc1)S(C)(=O)=O. The average Bonchev–Trinajstić information content (AvgIpc) is 2.62. The number of benzene rings is 2. The zero-order chi connectivity index (χ0) is 20.2. The highest BCUT2D eigenvalue weighted by Crippen LogP contribution is 2.25. The lowest BCUT2D eigenvalue weighted by Gasteiger charge is -2.29. The molecule has 2 aromatic rings. The number of anilines is 1. The first kappa shape index (κ1) is 20.8. The Hall–Kier alpha value is -2.54. The number of amides is 1. The van der Waals surface area contributed by atoms with Crippen LogP contribution in [0.5, 0.6) is 5.75 Å². The van der Waals surface area contributed by atoms with Crippen LogP contribution in [0.15, 0.2) is 48.5 Å². The fourth-order valence-corrected chi connectivity index (χ4v) is 4.11. The van der Waals surface area contributed by atoms with Crippen LogP contribution in [-0.2, 0) is 14.8 Å². The van der Waals surface area contributed by atoms with Crippen LogP contribution in [0.25, 0.3) is 0 Å². The van der Waals surface area contributed by atoms with E-state index >= 15 is 0 Å². The molecule has 0 spiro atoms. The van der Waals surface area contributed by atoms with Crippen LogP contribution in [0.2, 0.25) is 0 Å². The Morgan fingerprint density at radius 3 is 2.22 bits per heavy atom. The Morgan fingerprint density at radius 1 is 1.07 bits per heavy atom. The first-order valence-corrected chi connectivity index (χ1v) is 10.5. The molecule has 0 unspecified atom stereocenters. The monoisotopic (exact) mass is 390 g/mol. The van der Waals surface area contributed by atoms with E-state index in [0.717, 1.165) is 21.7 Å². The van der Waals surface area contributed by atoms with E-state index in [4.69, 9.17) is 4.74 Å². The summed E-state index contributed by atoms with van der Waals surface area (Å²) in [5.41, 5.74) is 2.28. The fourth-order valence-electron chi connectivity index (χ4n) is 2.94. The van der Waals surface area contributed by atoms with E-state index < -0.39 is 16.1 Å². The second-order valence-electron chi connectivity index (χ2n) is 6.54. The first-order valence-electron chi connectivity index (χ1n) is 8.64. The fraction of sp³-hybridized carbons (Fsp3) is 0.350. The lowest BCUT2D eigenvalue weighted by atomic mass is 10.1. The number of hydrogen-bond acceptors (Lipinski definition) is 4. The number of hydrogen-bond donors (Lipinski definition) is 1. The summed E-state index contributed by atoms with van der Waals surface area (Å²) in [6.07, 6.45) is 1.10. The van der Waals surface area contributed by atoms with Gasteiger partial charge in [-0.1, -0.05) is 35.9 Å². The number of sulfonamides is 1. The molecule has 146 valence electrons. The summed E-state index contributed by atoms with van der Waals surface area (Å²) in [5, 5.41) is 2.88. The highest BCUT2D eigenvalue weighted by molar-refractivity contribution is 7.92. The van der Waals surface area contributed by atoms with Crippen molar-refractivity contribution < 1.29 is 17.9 Å². The molecular weight excluding hydrogens is 364 g/mol. The number of nitrogens with one attached hydrogen (secondary N) is 1. The van der Waals surface area contributed by atoms with Gasteiger partial charge in [0.1, 0.15) is 11.8 Å². The third-order valence-corrected chi connectivity index (χ3v) is 5.58. The third kappa shape index (κ3) is 5.01. The van der Waals surface area contributed by atoms with Crippen molar-refractivity contribution in [3.63, 3.8) is 0 Å². The Kier molecular flexibility index (Phi) is 6.49. The Bertz CT molecular complexity index is 894. The second-order valence-corrected chi connectivity index (χ2v) is 8.40.